The van der Waals surface area contributed by atoms with Crippen LogP contribution in [0.3, 0.4) is 0 Å². The molecule has 21 heavy (non-hydrogen) atoms. The lowest BCUT2D eigenvalue weighted by Gasteiger charge is -2.21. The fourth-order valence-electron chi connectivity index (χ4n) is 3.29. The highest BCUT2D eigenvalue weighted by Gasteiger charge is 2.17. The van der Waals surface area contributed by atoms with Crippen molar-refractivity contribution in [3.8, 4) is 11.5 Å². The summed E-state index contributed by atoms with van der Waals surface area (Å²) in [6.45, 7) is 1.34. The number of benzene rings is 1. The summed E-state index contributed by atoms with van der Waals surface area (Å²) in [5.74, 6) is 2.46. The van der Waals surface area contributed by atoms with Crippen LogP contribution in [0.25, 0.3) is 0 Å². The predicted octanol–water partition coefficient (Wildman–Crippen LogP) is 4.39. The second kappa shape index (κ2) is 6.97. The van der Waals surface area contributed by atoms with Gasteiger partial charge in [-0.15, -0.1) is 0 Å². The van der Waals surface area contributed by atoms with Crippen molar-refractivity contribution in [3.05, 3.63) is 23.8 Å². The highest BCUT2D eigenvalue weighted by atomic mass is 16.5. The van der Waals surface area contributed by atoms with E-state index in [1.165, 1.54) is 32.1 Å². The van der Waals surface area contributed by atoms with E-state index in [1.54, 1.807) is 0 Å². The zero-order valence-corrected chi connectivity index (χ0v) is 12.6. The molecular formula is C18H24O3. The van der Waals surface area contributed by atoms with Crippen LogP contribution in [-0.4, -0.2) is 19.0 Å². The van der Waals surface area contributed by atoms with Crippen LogP contribution in [0.5, 0.6) is 11.5 Å². The molecule has 0 amide bonds. The van der Waals surface area contributed by atoms with Crippen LogP contribution >= 0.6 is 0 Å². The fraction of sp³-hybridized carbons (Fsp3) is 0.611. The predicted molar refractivity (Wildman–Crippen MR) is 82.2 cm³/mol. The van der Waals surface area contributed by atoms with Gasteiger partial charge in [-0.25, -0.2) is 0 Å². The summed E-state index contributed by atoms with van der Waals surface area (Å²) >= 11 is 0. The molecule has 0 N–H and O–H groups in total. The molecule has 114 valence electrons. The summed E-state index contributed by atoms with van der Waals surface area (Å²) in [6.07, 6.45) is 9.22. The second-order valence-electron chi connectivity index (χ2n) is 6.18. The third-order valence-corrected chi connectivity index (χ3v) is 4.57. The molecule has 0 saturated heterocycles. The number of ketones is 1. The maximum absolute atomic E-state index is 12.4. The first-order valence-corrected chi connectivity index (χ1v) is 8.26. The molecule has 0 spiro atoms. The van der Waals surface area contributed by atoms with Crippen LogP contribution in [0.4, 0.5) is 0 Å². The van der Waals surface area contributed by atoms with E-state index in [0.29, 0.717) is 19.6 Å². The molecule has 1 saturated carbocycles. The fourth-order valence-corrected chi connectivity index (χ4v) is 3.29. The SMILES string of the molecule is O=C(CCC1CCCCC1)c1ccc2c(c1)OCCCO2. The smallest absolute Gasteiger partial charge is 0.163 e. The molecule has 1 aliphatic carbocycles. The monoisotopic (exact) mass is 288 g/mol. The Hall–Kier alpha value is -1.51. The molecule has 1 aliphatic heterocycles. The molecule has 3 nitrogen and oxygen atoms in total. The van der Waals surface area contributed by atoms with Crippen molar-refractivity contribution >= 4 is 5.78 Å². The van der Waals surface area contributed by atoms with E-state index in [4.69, 9.17) is 9.47 Å². The van der Waals surface area contributed by atoms with Gasteiger partial charge in [-0.3, -0.25) is 4.79 Å². The molecule has 3 rings (SSSR count). The second-order valence-corrected chi connectivity index (χ2v) is 6.18. The Bertz CT molecular complexity index is 489. The Morgan fingerprint density at radius 2 is 1.76 bits per heavy atom. The van der Waals surface area contributed by atoms with Gasteiger partial charge in [-0.1, -0.05) is 32.1 Å². The van der Waals surface area contributed by atoms with Gasteiger partial charge in [0.15, 0.2) is 17.3 Å². The Morgan fingerprint density at radius 1 is 1.00 bits per heavy atom. The lowest BCUT2D eigenvalue weighted by atomic mass is 9.85. The minimum absolute atomic E-state index is 0.233. The van der Waals surface area contributed by atoms with E-state index in [0.717, 1.165) is 35.8 Å². The van der Waals surface area contributed by atoms with Crippen LogP contribution in [0, 0.1) is 5.92 Å². The summed E-state index contributed by atoms with van der Waals surface area (Å²) in [4.78, 5) is 12.4. The van der Waals surface area contributed by atoms with Gasteiger partial charge in [0.1, 0.15) is 0 Å². The van der Waals surface area contributed by atoms with Crippen molar-refractivity contribution in [2.75, 3.05) is 13.2 Å². The van der Waals surface area contributed by atoms with Gasteiger partial charge in [0.2, 0.25) is 0 Å². The average molecular weight is 288 g/mol. The average Bonchev–Trinajstić information content (AvgIpc) is 2.78. The number of hydrogen-bond acceptors (Lipinski definition) is 3. The Kier molecular flexibility index (Phi) is 4.79. The molecule has 1 heterocycles. The summed E-state index contributed by atoms with van der Waals surface area (Å²) in [5.41, 5.74) is 0.759. The summed E-state index contributed by atoms with van der Waals surface area (Å²) in [6, 6.07) is 5.59. The molecule has 0 unspecified atom stereocenters. The lowest BCUT2D eigenvalue weighted by Crippen LogP contribution is -2.09. The van der Waals surface area contributed by atoms with Gasteiger partial charge in [0, 0.05) is 18.4 Å². The summed E-state index contributed by atoms with van der Waals surface area (Å²) in [7, 11) is 0. The van der Waals surface area contributed by atoms with Crippen LogP contribution < -0.4 is 9.47 Å². The van der Waals surface area contributed by atoms with Crippen molar-refractivity contribution in [1.29, 1.82) is 0 Å². The zero-order chi connectivity index (χ0) is 14.5. The number of carbonyl (C=O) groups is 1. The highest BCUT2D eigenvalue weighted by Crippen LogP contribution is 2.32. The van der Waals surface area contributed by atoms with Crippen LogP contribution in [0.2, 0.25) is 0 Å². The molecule has 1 fully saturated rings. The van der Waals surface area contributed by atoms with E-state index >= 15 is 0 Å². The Balaban J connectivity index is 1.60. The van der Waals surface area contributed by atoms with Crippen molar-refractivity contribution in [2.24, 2.45) is 5.92 Å². The van der Waals surface area contributed by atoms with Crippen LogP contribution in [0.15, 0.2) is 18.2 Å². The van der Waals surface area contributed by atoms with Crippen LogP contribution in [0.1, 0.15) is 61.7 Å². The maximum Gasteiger partial charge on any atom is 0.163 e. The normalized spacial score (nSPS) is 19.0. The van der Waals surface area contributed by atoms with Crippen molar-refractivity contribution in [3.63, 3.8) is 0 Å². The minimum atomic E-state index is 0.233. The molecule has 0 bridgehead atoms. The quantitative estimate of drug-likeness (QED) is 0.771. The molecular weight excluding hydrogens is 264 g/mol. The van der Waals surface area contributed by atoms with Gasteiger partial charge < -0.3 is 9.47 Å². The molecule has 0 atom stereocenters. The standard InChI is InChI=1S/C18H24O3/c19-16(9-7-14-5-2-1-3-6-14)15-8-10-17-18(13-15)21-12-4-11-20-17/h8,10,13-14H,1-7,9,11-12H2. The number of carbonyl (C=O) groups excluding carboxylic acids is 1. The van der Waals surface area contributed by atoms with E-state index < -0.39 is 0 Å². The number of hydrogen-bond donors (Lipinski definition) is 0. The molecule has 0 aromatic heterocycles. The molecule has 2 aliphatic rings. The third kappa shape index (κ3) is 3.78. The van der Waals surface area contributed by atoms with Crippen molar-refractivity contribution in [2.45, 2.75) is 51.4 Å². The van der Waals surface area contributed by atoms with Gasteiger partial charge in [0.25, 0.3) is 0 Å². The third-order valence-electron chi connectivity index (χ3n) is 4.57. The van der Waals surface area contributed by atoms with E-state index in [2.05, 4.69) is 0 Å². The summed E-state index contributed by atoms with van der Waals surface area (Å²) in [5, 5.41) is 0. The lowest BCUT2D eigenvalue weighted by molar-refractivity contribution is 0.0969. The molecule has 1 aromatic rings. The Labute approximate surface area is 126 Å². The topological polar surface area (TPSA) is 35.5 Å². The van der Waals surface area contributed by atoms with Gasteiger partial charge in [-0.05, 0) is 30.5 Å². The first-order valence-electron chi connectivity index (χ1n) is 8.26. The number of ether oxygens (including phenoxy) is 2. The van der Waals surface area contributed by atoms with Crippen LogP contribution in [-0.2, 0) is 0 Å². The first kappa shape index (κ1) is 14.4. The van der Waals surface area contributed by atoms with Gasteiger partial charge in [-0.2, -0.15) is 0 Å². The highest BCUT2D eigenvalue weighted by molar-refractivity contribution is 5.96. The summed E-state index contributed by atoms with van der Waals surface area (Å²) < 4.78 is 11.3. The minimum Gasteiger partial charge on any atom is -0.490 e. The number of rotatable bonds is 4. The van der Waals surface area contributed by atoms with Gasteiger partial charge in [0.05, 0.1) is 13.2 Å². The maximum atomic E-state index is 12.4. The molecule has 1 aromatic carbocycles. The number of Topliss-reactive ketones (excluding diaryl/α,β-unsaturated/α-hetero) is 1. The van der Waals surface area contributed by atoms with Crippen molar-refractivity contribution in [1.82, 2.24) is 0 Å². The van der Waals surface area contributed by atoms with E-state index in [9.17, 15) is 4.79 Å². The first-order chi connectivity index (χ1) is 10.3. The molecule has 3 heteroatoms. The van der Waals surface area contributed by atoms with Gasteiger partial charge >= 0.3 is 0 Å². The van der Waals surface area contributed by atoms with Crippen molar-refractivity contribution < 1.29 is 14.3 Å². The zero-order valence-electron chi connectivity index (χ0n) is 12.6. The van der Waals surface area contributed by atoms with E-state index in [1.807, 2.05) is 18.2 Å². The largest absolute Gasteiger partial charge is 0.490 e. The molecule has 0 radical (unpaired) electrons. The van der Waals surface area contributed by atoms with E-state index in [-0.39, 0.29) is 5.78 Å². The Morgan fingerprint density at radius 3 is 2.57 bits per heavy atom. The number of fused-ring (bicyclic) bond motifs is 1.